The molecular formula is C14H16ClN3OS. The Bertz CT molecular complexity index is 625. The predicted octanol–water partition coefficient (Wildman–Crippen LogP) is 2.98. The third kappa shape index (κ3) is 3.56. The van der Waals surface area contributed by atoms with Crippen LogP contribution in [-0.4, -0.2) is 16.9 Å². The van der Waals surface area contributed by atoms with Gasteiger partial charge in [0.25, 0.3) is 0 Å². The molecule has 4 nitrogen and oxygen atoms in total. The molecule has 0 saturated carbocycles. The zero-order valence-electron chi connectivity index (χ0n) is 11.3. The lowest BCUT2D eigenvalue weighted by molar-refractivity contribution is -0.117. The highest BCUT2D eigenvalue weighted by Crippen LogP contribution is 2.26. The van der Waals surface area contributed by atoms with Gasteiger partial charge in [-0.05, 0) is 25.0 Å². The van der Waals surface area contributed by atoms with Crippen LogP contribution in [0, 0.1) is 6.92 Å². The fourth-order valence-corrected chi connectivity index (χ4v) is 2.73. The molecule has 0 fully saturated rings. The van der Waals surface area contributed by atoms with Crippen LogP contribution in [0.3, 0.4) is 0 Å². The number of anilines is 1. The Morgan fingerprint density at radius 1 is 1.55 bits per heavy atom. The number of carbonyl (C=O) groups is 1. The molecule has 2 aromatic rings. The first-order valence-electron chi connectivity index (χ1n) is 6.22. The van der Waals surface area contributed by atoms with Gasteiger partial charge in [-0.2, -0.15) is 0 Å². The van der Waals surface area contributed by atoms with E-state index in [9.17, 15) is 4.79 Å². The Labute approximate surface area is 127 Å². The van der Waals surface area contributed by atoms with Gasteiger partial charge in [0, 0.05) is 22.5 Å². The van der Waals surface area contributed by atoms with Crippen molar-refractivity contribution in [2.75, 3.05) is 5.32 Å². The molecule has 2 rings (SSSR count). The molecule has 1 atom stereocenters. The normalized spacial score (nSPS) is 12.2. The van der Waals surface area contributed by atoms with Gasteiger partial charge in [-0.15, -0.1) is 11.3 Å². The largest absolute Gasteiger partial charge is 0.320 e. The van der Waals surface area contributed by atoms with Gasteiger partial charge < -0.3 is 11.1 Å². The third-order valence-corrected chi connectivity index (χ3v) is 4.29. The summed E-state index contributed by atoms with van der Waals surface area (Å²) in [5.41, 5.74) is 7.61. The van der Waals surface area contributed by atoms with Crippen LogP contribution in [0.1, 0.15) is 22.9 Å². The van der Waals surface area contributed by atoms with Crippen molar-refractivity contribution in [2.24, 2.45) is 5.73 Å². The lowest BCUT2D eigenvalue weighted by atomic mass is 10.1. The Kier molecular flexibility index (Phi) is 4.75. The monoisotopic (exact) mass is 309 g/mol. The molecule has 0 aliphatic carbocycles. The lowest BCUT2D eigenvalue weighted by Crippen LogP contribution is -2.32. The van der Waals surface area contributed by atoms with Crippen molar-refractivity contribution in [3.63, 3.8) is 0 Å². The van der Waals surface area contributed by atoms with Crippen molar-refractivity contribution in [1.82, 2.24) is 4.98 Å². The van der Waals surface area contributed by atoms with Gasteiger partial charge in [0.15, 0.2) is 5.13 Å². The van der Waals surface area contributed by atoms with E-state index in [1.54, 1.807) is 13.1 Å². The number of halogens is 1. The highest BCUT2D eigenvalue weighted by Gasteiger charge is 2.11. The fraction of sp³-hybridized carbons (Fsp3) is 0.286. The maximum atomic E-state index is 11.5. The van der Waals surface area contributed by atoms with Crippen LogP contribution in [0.5, 0.6) is 0 Å². The number of thiazole rings is 1. The number of nitrogens with zero attached hydrogens (tertiary/aromatic N) is 1. The van der Waals surface area contributed by atoms with Crippen molar-refractivity contribution >= 4 is 34.0 Å². The van der Waals surface area contributed by atoms with Crippen molar-refractivity contribution < 1.29 is 4.79 Å². The molecule has 0 saturated heterocycles. The predicted molar refractivity (Wildman–Crippen MR) is 83.4 cm³/mol. The number of hydrogen-bond acceptors (Lipinski definition) is 4. The highest BCUT2D eigenvalue weighted by atomic mass is 35.5. The van der Waals surface area contributed by atoms with Gasteiger partial charge in [-0.1, -0.05) is 29.8 Å². The molecule has 106 valence electrons. The van der Waals surface area contributed by atoms with Crippen molar-refractivity contribution in [2.45, 2.75) is 26.3 Å². The second-order valence-electron chi connectivity index (χ2n) is 4.63. The molecule has 0 spiro atoms. The van der Waals surface area contributed by atoms with Gasteiger partial charge in [0.2, 0.25) is 5.91 Å². The van der Waals surface area contributed by atoms with Gasteiger partial charge in [0.1, 0.15) is 0 Å². The molecule has 3 N–H and O–H groups in total. The Morgan fingerprint density at radius 3 is 3.00 bits per heavy atom. The van der Waals surface area contributed by atoms with Gasteiger partial charge >= 0.3 is 0 Å². The number of benzene rings is 1. The SMILES string of the molecule is Cc1cccc(Cc2cnc(NC(=O)C(C)N)s2)c1Cl. The minimum absolute atomic E-state index is 0.237. The van der Waals surface area contributed by atoms with Crippen LogP contribution in [0.4, 0.5) is 5.13 Å². The molecule has 0 aliphatic heterocycles. The molecule has 1 heterocycles. The number of nitrogens with one attached hydrogen (secondary N) is 1. The first-order chi connectivity index (χ1) is 9.47. The van der Waals surface area contributed by atoms with Crippen molar-refractivity contribution in [3.8, 4) is 0 Å². The lowest BCUT2D eigenvalue weighted by Gasteiger charge is -2.05. The number of aromatic nitrogens is 1. The summed E-state index contributed by atoms with van der Waals surface area (Å²) >= 11 is 7.70. The maximum absolute atomic E-state index is 11.5. The van der Waals surface area contributed by atoms with Crippen LogP contribution in [0.2, 0.25) is 5.02 Å². The van der Waals surface area contributed by atoms with Gasteiger partial charge in [-0.25, -0.2) is 4.98 Å². The quantitative estimate of drug-likeness (QED) is 0.912. The van der Waals surface area contributed by atoms with E-state index in [1.165, 1.54) is 11.3 Å². The minimum atomic E-state index is -0.548. The molecule has 0 bridgehead atoms. The van der Waals surface area contributed by atoms with Crippen LogP contribution >= 0.6 is 22.9 Å². The zero-order valence-corrected chi connectivity index (χ0v) is 12.9. The molecule has 6 heteroatoms. The van der Waals surface area contributed by atoms with E-state index in [1.807, 2.05) is 25.1 Å². The first kappa shape index (κ1) is 15.0. The Morgan fingerprint density at radius 2 is 2.30 bits per heavy atom. The summed E-state index contributed by atoms with van der Waals surface area (Å²) in [6, 6.07) is 5.41. The molecule has 0 radical (unpaired) electrons. The smallest absolute Gasteiger partial charge is 0.242 e. The minimum Gasteiger partial charge on any atom is -0.320 e. The van der Waals surface area contributed by atoms with Crippen LogP contribution in [-0.2, 0) is 11.2 Å². The van der Waals surface area contributed by atoms with E-state index in [0.29, 0.717) is 11.6 Å². The summed E-state index contributed by atoms with van der Waals surface area (Å²) in [7, 11) is 0. The summed E-state index contributed by atoms with van der Waals surface area (Å²) in [6.45, 7) is 3.61. The highest BCUT2D eigenvalue weighted by molar-refractivity contribution is 7.15. The second-order valence-corrected chi connectivity index (χ2v) is 6.13. The van der Waals surface area contributed by atoms with Crippen LogP contribution in [0.25, 0.3) is 0 Å². The standard InChI is InChI=1S/C14H16ClN3OS/c1-8-4-3-5-10(12(8)15)6-11-7-17-14(20-11)18-13(19)9(2)16/h3-5,7,9H,6,16H2,1-2H3,(H,17,18,19). The summed E-state index contributed by atoms with van der Waals surface area (Å²) in [6.07, 6.45) is 2.45. The molecule has 1 amide bonds. The van der Waals surface area contributed by atoms with Crippen LogP contribution in [0.15, 0.2) is 24.4 Å². The van der Waals surface area contributed by atoms with Gasteiger partial charge in [-0.3, -0.25) is 4.79 Å². The summed E-state index contributed by atoms with van der Waals surface area (Å²) in [4.78, 5) is 16.7. The molecule has 1 aromatic carbocycles. The summed E-state index contributed by atoms with van der Waals surface area (Å²) < 4.78 is 0. The second kappa shape index (κ2) is 6.35. The van der Waals surface area contributed by atoms with Crippen molar-refractivity contribution in [1.29, 1.82) is 0 Å². The average molecular weight is 310 g/mol. The molecule has 20 heavy (non-hydrogen) atoms. The van der Waals surface area contributed by atoms with E-state index in [-0.39, 0.29) is 5.91 Å². The van der Waals surface area contributed by atoms with E-state index >= 15 is 0 Å². The Hall–Kier alpha value is -1.43. The molecule has 1 aromatic heterocycles. The number of amides is 1. The van der Waals surface area contributed by atoms with E-state index in [0.717, 1.165) is 21.0 Å². The number of rotatable bonds is 4. The number of aryl methyl sites for hydroxylation is 1. The van der Waals surface area contributed by atoms with E-state index < -0.39 is 6.04 Å². The average Bonchev–Trinajstić information content (AvgIpc) is 2.82. The van der Waals surface area contributed by atoms with Crippen LogP contribution < -0.4 is 11.1 Å². The Balaban J connectivity index is 2.10. The number of hydrogen-bond donors (Lipinski definition) is 2. The molecule has 1 unspecified atom stereocenters. The van der Waals surface area contributed by atoms with Gasteiger partial charge in [0.05, 0.1) is 6.04 Å². The van der Waals surface area contributed by atoms with Crippen molar-refractivity contribution in [3.05, 3.63) is 45.4 Å². The summed E-state index contributed by atoms with van der Waals surface area (Å²) in [5, 5.41) is 4.02. The fourth-order valence-electron chi connectivity index (χ4n) is 1.70. The first-order valence-corrected chi connectivity index (χ1v) is 7.42. The topological polar surface area (TPSA) is 68.0 Å². The third-order valence-electron chi connectivity index (χ3n) is 2.83. The molecular weight excluding hydrogens is 294 g/mol. The maximum Gasteiger partial charge on any atom is 0.242 e. The zero-order chi connectivity index (χ0) is 14.7. The van der Waals surface area contributed by atoms with E-state index in [4.69, 9.17) is 17.3 Å². The number of nitrogens with two attached hydrogens (primary N) is 1. The summed E-state index contributed by atoms with van der Waals surface area (Å²) in [5.74, 6) is -0.237. The van der Waals surface area contributed by atoms with E-state index in [2.05, 4.69) is 10.3 Å². The number of carbonyl (C=O) groups excluding carboxylic acids is 1. The molecule has 0 aliphatic rings.